The summed E-state index contributed by atoms with van der Waals surface area (Å²) in [5.41, 5.74) is 0.360. The van der Waals surface area contributed by atoms with Crippen molar-refractivity contribution in [1.29, 1.82) is 0 Å². The summed E-state index contributed by atoms with van der Waals surface area (Å²) in [6.45, 7) is 12.9. The molecule has 0 spiro atoms. The van der Waals surface area contributed by atoms with E-state index in [-0.39, 0.29) is 53.6 Å². The maximum Gasteiger partial charge on any atom is 0.397 e. The summed E-state index contributed by atoms with van der Waals surface area (Å²) in [6, 6.07) is 0. The Bertz CT molecular complexity index is 2430. The van der Waals surface area contributed by atoms with E-state index in [4.69, 9.17) is 51.6 Å². The van der Waals surface area contributed by atoms with Crippen LogP contribution in [0, 0.1) is 46.3 Å². The number of rotatable bonds is 19. The lowest BCUT2D eigenvalue weighted by Gasteiger charge is -2.59. The molecule has 86 heavy (non-hydrogen) atoms. The third-order valence-corrected chi connectivity index (χ3v) is 21.2. The quantitative estimate of drug-likeness (QED) is 0.0472. The lowest BCUT2D eigenvalue weighted by atomic mass is 9.47. The minimum atomic E-state index is -4.89. The highest BCUT2D eigenvalue weighted by Crippen LogP contribution is 2.67. The molecule has 0 aromatic rings. The van der Waals surface area contributed by atoms with E-state index in [1.54, 1.807) is 0 Å². The first-order valence-electron chi connectivity index (χ1n) is 30.4. The smallest absolute Gasteiger partial charge is 0.394 e. The lowest BCUT2D eigenvalue weighted by molar-refractivity contribution is -0.407. The average molecular weight is 1260 g/mol. The highest BCUT2D eigenvalue weighted by atomic mass is 32.3. The van der Waals surface area contributed by atoms with Crippen LogP contribution in [-0.2, 0) is 66.7 Å². The molecule has 496 valence electrons. The van der Waals surface area contributed by atoms with Crippen LogP contribution in [0.4, 0.5) is 0 Å². The molecule has 28 nitrogen and oxygen atoms in total. The average Bonchev–Trinajstić information content (AvgIpc) is 1.29. The molecule has 4 aliphatic carbocycles. The van der Waals surface area contributed by atoms with Gasteiger partial charge in [0, 0.05) is 12.8 Å². The molecule has 5 aliphatic heterocycles. The van der Waals surface area contributed by atoms with Crippen molar-refractivity contribution in [3.8, 4) is 0 Å². The number of ketones is 1. The molecule has 9 rings (SSSR count). The van der Waals surface area contributed by atoms with Crippen LogP contribution in [0.3, 0.4) is 0 Å². The van der Waals surface area contributed by atoms with Crippen LogP contribution in [0.5, 0.6) is 0 Å². The number of carbonyl (C=O) groups is 1. The van der Waals surface area contributed by atoms with Crippen LogP contribution in [0.25, 0.3) is 0 Å². The lowest BCUT2D eigenvalue weighted by Crippen LogP contribution is -2.68. The van der Waals surface area contributed by atoms with Gasteiger partial charge in [-0.25, -0.2) is 4.18 Å². The number of Topliss-reactive ketones (excluding diaryl/α,β-unsaturated/α-hetero) is 1. The number of carbonyl (C=O) groups excluding carboxylic acids is 1. The fraction of sp³-hybridized carbons (Fsp3) is 0.947. The summed E-state index contributed by atoms with van der Waals surface area (Å²) in [5, 5.41) is 145. The van der Waals surface area contributed by atoms with Gasteiger partial charge in [0.05, 0.1) is 43.7 Å². The van der Waals surface area contributed by atoms with Gasteiger partial charge >= 0.3 is 10.4 Å². The number of hydrogen-bond donors (Lipinski definition) is 14. The minimum absolute atomic E-state index is 0.0810. The van der Waals surface area contributed by atoms with Crippen molar-refractivity contribution in [2.45, 2.75) is 279 Å². The SMILES string of the molecule is CC(C)CC(=O)C[C@@H](C)[C@H]1CCC2C3C[C@H](O[C@@H]4O[C@H](CO)[C@@H](O)[C@H](O[C@@H]5O[C@H](C)[C@@H](O[C@@H]6O[C@H](CO)[C@H](O)[C@H](O)[C@H]6O[C@@H]6O[C@H](C)[C@H](O)[C@H](O)[C@H]6O)[C@H](O)[C@H]5O[C@@H]5O[C@H](C)[C@@H](O)[C@H](O)[C@H]5O)[C@H]4O)C4C[C@@H](OS(=O)(=O)O)CC[C@]4(C)C3=CC[C@@]21C. The largest absolute Gasteiger partial charge is 0.397 e. The van der Waals surface area contributed by atoms with E-state index >= 15 is 0 Å². The Labute approximate surface area is 500 Å². The van der Waals surface area contributed by atoms with E-state index in [2.05, 4.69) is 26.8 Å². The minimum Gasteiger partial charge on any atom is -0.394 e. The molecule has 9 aliphatic rings. The van der Waals surface area contributed by atoms with Gasteiger partial charge in [0.15, 0.2) is 31.5 Å². The summed E-state index contributed by atoms with van der Waals surface area (Å²) in [6.07, 6.45) is -38.7. The van der Waals surface area contributed by atoms with E-state index in [0.717, 1.165) is 19.3 Å². The summed E-state index contributed by atoms with van der Waals surface area (Å²) in [7, 11) is -4.89. The molecule has 5 saturated heterocycles. The molecule has 3 saturated carbocycles. The van der Waals surface area contributed by atoms with Crippen molar-refractivity contribution in [2.75, 3.05) is 13.2 Å². The molecule has 29 heteroatoms. The highest BCUT2D eigenvalue weighted by molar-refractivity contribution is 7.80. The van der Waals surface area contributed by atoms with Gasteiger partial charge in [-0.05, 0) is 112 Å². The van der Waals surface area contributed by atoms with Crippen LogP contribution < -0.4 is 0 Å². The van der Waals surface area contributed by atoms with Crippen molar-refractivity contribution in [1.82, 2.24) is 0 Å². The molecule has 3 unspecified atom stereocenters. The van der Waals surface area contributed by atoms with Crippen molar-refractivity contribution >= 4 is 16.2 Å². The van der Waals surface area contributed by atoms with Crippen LogP contribution in [0.2, 0.25) is 0 Å². The number of allylic oxidation sites excluding steroid dienone is 2. The molecule has 5 heterocycles. The Morgan fingerprint density at radius 3 is 1.67 bits per heavy atom. The Morgan fingerprint density at radius 1 is 0.570 bits per heavy atom. The van der Waals surface area contributed by atoms with Crippen molar-refractivity contribution < 1.29 is 136 Å². The van der Waals surface area contributed by atoms with E-state index < -0.39 is 201 Å². The third kappa shape index (κ3) is 13.6. The first kappa shape index (κ1) is 68.7. The van der Waals surface area contributed by atoms with Gasteiger partial charge in [0.25, 0.3) is 0 Å². The number of aliphatic hydroxyl groups is 13. The van der Waals surface area contributed by atoms with E-state index in [9.17, 15) is 84.1 Å². The van der Waals surface area contributed by atoms with E-state index in [1.165, 1.54) is 26.3 Å². The molecule has 14 N–H and O–H groups in total. The number of aliphatic hydroxyl groups excluding tert-OH is 13. The summed E-state index contributed by atoms with van der Waals surface area (Å²) in [4.78, 5) is 13.2. The molecular formula is C57H94O28S. The molecule has 8 fully saturated rings. The van der Waals surface area contributed by atoms with E-state index in [1.807, 2.05) is 13.8 Å². The standard InChI is InChI=1S/C57H94O28S/c1-21(2)15-26(60)16-22(3)29-9-10-30-28-18-33(32-17-27(85-86(72,73)74)11-13-57(32,8)31(28)12-14-56(29,30)7)78-53-46(71)48(39(64)35(20-59)79-53)82-54-50(84-52-44(69)41(66)37(62)24(5)76-52)45(70)47(25(6)77-54)81-55-49(42(67)38(63)34(19-58)80-55)83-51-43(68)40(65)36(61)23(4)75-51/h12,21-25,27-30,32-55,58-59,61-71H,9-11,13-20H2,1-8H3,(H,72,73,74)/t22-,23-,24-,25-,27+,28?,29-,30?,32?,33+,34-,35-,36+,37-,38+,39-,40+,41+,42+,43-,44-,45+,46-,47-,48+,49-,50-,51+,52+,53-,54+,55+,56-,57-/m1/s1. The van der Waals surface area contributed by atoms with Crippen LogP contribution in [0.15, 0.2) is 11.6 Å². The Kier molecular flexibility index (Phi) is 21.7. The Balaban J connectivity index is 1.00. The van der Waals surface area contributed by atoms with Gasteiger partial charge < -0.3 is 114 Å². The highest BCUT2D eigenvalue weighted by Gasteiger charge is 2.63. The van der Waals surface area contributed by atoms with Crippen LogP contribution in [-0.4, -0.2) is 264 Å². The second-order valence-corrected chi connectivity index (χ2v) is 27.9. The van der Waals surface area contributed by atoms with Gasteiger partial charge in [-0.1, -0.05) is 46.3 Å². The normalized spacial score (nSPS) is 51.3. The van der Waals surface area contributed by atoms with Crippen LogP contribution >= 0.6 is 0 Å². The van der Waals surface area contributed by atoms with Crippen molar-refractivity contribution in [3.05, 3.63) is 11.6 Å². The summed E-state index contributed by atoms with van der Waals surface area (Å²) in [5.74, 6) is 0.340. The maximum absolute atomic E-state index is 13.2. The Hall–Kier alpha value is -1.64. The number of hydrogen-bond acceptors (Lipinski definition) is 27. The van der Waals surface area contributed by atoms with Gasteiger partial charge in [-0.3, -0.25) is 9.35 Å². The second-order valence-electron chi connectivity index (χ2n) is 26.8. The zero-order valence-corrected chi connectivity index (χ0v) is 50.6. The predicted octanol–water partition coefficient (Wildman–Crippen LogP) is -2.43. The topological polar surface area (TPSA) is 436 Å². The predicted molar refractivity (Wildman–Crippen MR) is 290 cm³/mol. The van der Waals surface area contributed by atoms with Crippen LogP contribution in [0.1, 0.15) is 113 Å². The number of fused-ring (bicyclic) bond motifs is 5. The van der Waals surface area contributed by atoms with E-state index in [0.29, 0.717) is 25.7 Å². The fourth-order valence-electron chi connectivity index (χ4n) is 16.0. The third-order valence-electron chi connectivity index (χ3n) is 20.7. The monoisotopic (exact) mass is 1260 g/mol. The fourth-order valence-corrected chi connectivity index (χ4v) is 16.6. The van der Waals surface area contributed by atoms with Gasteiger partial charge in [-0.15, -0.1) is 0 Å². The van der Waals surface area contributed by atoms with Gasteiger partial charge in [-0.2, -0.15) is 8.42 Å². The summed E-state index contributed by atoms with van der Waals surface area (Å²) < 4.78 is 101. The first-order valence-corrected chi connectivity index (χ1v) is 31.8. The zero-order chi connectivity index (χ0) is 63.0. The first-order chi connectivity index (χ1) is 40.3. The molecule has 0 aromatic carbocycles. The molecule has 34 atom stereocenters. The summed E-state index contributed by atoms with van der Waals surface area (Å²) >= 11 is 0. The zero-order valence-electron chi connectivity index (χ0n) is 49.8. The molecule has 0 bridgehead atoms. The molecule has 0 amide bonds. The molecule has 0 aromatic heterocycles. The maximum atomic E-state index is 13.2. The Morgan fingerprint density at radius 2 is 1.09 bits per heavy atom. The van der Waals surface area contributed by atoms with Gasteiger partial charge in [0.2, 0.25) is 0 Å². The second kappa shape index (κ2) is 27.1. The molecular weight excluding hydrogens is 1160 g/mol. The van der Waals surface area contributed by atoms with Crippen molar-refractivity contribution in [3.63, 3.8) is 0 Å². The van der Waals surface area contributed by atoms with Crippen molar-refractivity contribution in [2.24, 2.45) is 46.3 Å². The number of ether oxygens (including phenoxy) is 10. The van der Waals surface area contributed by atoms with Gasteiger partial charge in [0.1, 0.15) is 110 Å². The molecule has 0 radical (unpaired) electrons.